The Hall–Kier alpha value is -2.43. The molecule has 0 saturated heterocycles. The minimum atomic E-state index is -0.985. The number of phenols is 1. The highest BCUT2D eigenvalue weighted by Crippen LogP contribution is 2.30. The van der Waals surface area contributed by atoms with Crippen LogP contribution in [0.15, 0.2) is 30.3 Å². The van der Waals surface area contributed by atoms with Gasteiger partial charge in [0.05, 0.1) is 12.2 Å². The van der Waals surface area contributed by atoms with Gasteiger partial charge in [-0.15, -0.1) is 0 Å². The van der Waals surface area contributed by atoms with Crippen molar-refractivity contribution in [3.63, 3.8) is 0 Å². The highest BCUT2D eigenvalue weighted by Gasteiger charge is 2.20. The number of carbonyl (C=O) groups excluding carboxylic acids is 1. The number of rotatable bonds is 7. The van der Waals surface area contributed by atoms with Crippen LogP contribution < -0.4 is 4.74 Å². The van der Waals surface area contributed by atoms with E-state index in [2.05, 4.69) is 0 Å². The van der Waals surface area contributed by atoms with Crippen LogP contribution in [0.1, 0.15) is 41.8 Å². The Kier molecular flexibility index (Phi) is 5.90. The van der Waals surface area contributed by atoms with Gasteiger partial charge in [-0.25, -0.2) is 4.39 Å². The molecular formula is C19H20F2O3. The van der Waals surface area contributed by atoms with E-state index >= 15 is 0 Å². The highest BCUT2D eigenvalue weighted by atomic mass is 19.1. The Morgan fingerprint density at radius 1 is 1.17 bits per heavy atom. The first-order chi connectivity index (χ1) is 11.5. The molecule has 0 amide bonds. The Bertz CT molecular complexity index is 742. The van der Waals surface area contributed by atoms with Crippen LogP contribution in [-0.2, 0) is 12.8 Å². The van der Waals surface area contributed by atoms with Gasteiger partial charge in [-0.1, -0.05) is 25.5 Å². The highest BCUT2D eigenvalue weighted by molar-refractivity contribution is 6.00. The first-order valence-electron chi connectivity index (χ1n) is 7.92. The van der Waals surface area contributed by atoms with Crippen LogP contribution in [-0.4, -0.2) is 17.5 Å². The molecule has 0 bridgehead atoms. The fourth-order valence-corrected chi connectivity index (χ4v) is 2.48. The van der Waals surface area contributed by atoms with Crippen molar-refractivity contribution in [2.75, 3.05) is 6.61 Å². The average Bonchev–Trinajstić information content (AvgIpc) is 2.55. The number of benzene rings is 2. The quantitative estimate of drug-likeness (QED) is 0.761. The molecule has 2 rings (SSSR count). The molecule has 2 aromatic carbocycles. The predicted molar refractivity (Wildman–Crippen MR) is 87.7 cm³/mol. The SMILES string of the molecule is CCCc1ccc(CC(=O)c2ccc(OCC)c(F)c2O)c(F)c1. The van der Waals surface area contributed by atoms with E-state index in [0.29, 0.717) is 0 Å². The number of phenolic OH excluding ortho intramolecular Hbond substituents is 1. The van der Waals surface area contributed by atoms with Crippen LogP contribution in [0.25, 0.3) is 0 Å². The van der Waals surface area contributed by atoms with Crippen molar-refractivity contribution < 1.29 is 23.4 Å². The first-order valence-corrected chi connectivity index (χ1v) is 7.92. The van der Waals surface area contributed by atoms with E-state index in [4.69, 9.17) is 4.74 Å². The maximum Gasteiger partial charge on any atom is 0.207 e. The van der Waals surface area contributed by atoms with Gasteiger partial charge in [0, 0.05) is 6.42 Å². The summed E-state index contributed by atoms with van der Waals surface area (Å²) >= 11 is 0. The Balaban J connectivity index is 2.23. The van der Waals surface area contributed by atoms with Crippen molar-refractivity contribution in [2.24, 2.45) is 0 Å². The Labute approximate surface area is 139 Å². The van der Waals surface area contributed by atoms with Gasteiger partial charge in [-0.2, -0.15) is 4.39 Å². The fraction of sp³-hybridized carbons (Fsp3) is 0.316. The van der Waals surface area contributed by atoms with E-state index in [1.54, 1.807) is 19.1 Å². The molecule has 0 aliphatic rings. The number of carbonyl (C=O) groups is 1. The van der Waals surface area contributed by atoms with Gasteiger partial charge in [0.25, 0.3) is 0 Å². The molecule has 3 nitrogen and oxygen atoms in total. The van der Waals surface area contributed by atoms with Crippen molar-refractivity contribution in [1.29, 1.82) is 0 Å². The zero-order valence-corrected chi connectivity index (χ0v) is 13.7. The zero-order chi connectivity index (χ0) is 17.7. The van der Waals surface area contributed by atoms with Crippen molar-refractivity contribution in [3.05, 3.63) is 58.7 Å². The molecule has 0 heterocycles. The summed E-state index contributed by atoms with van der Waals surface area (Å²) in [5.74, 6) is -2.91. The zero-order valence-electron chi connectivity index (χ0n) is 13.7. The molecule has 0 aliphatic carbocycles. The maximum atomic E-state index is 14.1. The summed E-state index contributed by atoms with van der Waals surface area (Å²) in [5.41, 5.74) is 0.891. The van der Waals surface area contributed by atoms with Crippen LogP contribution in [0.5, 0.6) is 11.5 Å². The molecule has 0 saturated carbocycles. The molecule has 0 aromatic heterocycles. The molecular weight excluding hydrogens is 314 g/mol. The van der Waals surface area contributed by atoms with E-state index in [0.717, 1.165) is 18.4 Å². The summed E-state index contributed by atoms with van der Waals surface area (Å²) in [6.45, 7) is 3.91. The monoisotopic (exact) mass is 334 g/mol. The normalized spacial score (nSPS) is 10.7. The Morgan fingerprint density at radius 3 is 2.54 bits per heavy atom. The lowest BCUT2D eigenvalue weighted by atomic mass is 9.99. The smallest absolute Gasteiger partial charge is 0.207 e. The van der Waals surface area contributed by atoms with E-state index in [1.807, 2.05) is 6.92 Å². The van der Waals surface area contributed by atoms with Crippen molar-refractivity contribution in [2.45, 2.75) is 33.1 Å². The van der Waals surface area contributed by atoms with Crippen LogP contribution in [0, 0.1) is 11.6 Å². The number of ether oxygens (including phenoxy) is 1. The lowest BCUT2D eigenvalue weighted by Gasteiger charge is -2.10. The third-order valence-electron chi connectivity index (χ3n) is 3.69. The van der Waals surface area contributed by atoms with Gasteiger partial charge in [-0.05, 0) is 42.7 Å². The van der Waals surface area contributed by atoms with Crippen molar-refractivity contribution >= 4 is 5.78 Å². The molecule has 0 fully saturated rings. The molecule has 0 radical (unpaired) electrons. The van der Waals surface area contributed by atoms with Gasteiger partial charge >= 0.3 is 0 Å². The van der Waals surface area contributed by atoms with Gasteiger partial charge in [-0.3, -0.25) is 4.79 Å². The number of aryl methyl sites for hydroxylation is 1. The van der Waals surface area contributed by atoms with Crippen molar-refractivity contribution in [3.8, 4) is 11.5 Å². The van der Waals surface area contributed by atoms with E-state index in [9.17, 15) is 18.7 Å². The lowest BCUT2D eigenvalue weighted by Crippen LogP contribution is -2.07. The predicted octanol–water partition coefficient (Wildman–Crippen LogP) is 4.45. The van der Waals surface area contributed by atoms with Gasteiger partial charge in [0.1, 0.15) is 5.82 Å². The topological polar surface area (TPSA) is 46.5 Å². The number of aromatic hydroxyl groups is 1. The number of halogens is 2. The van der Waals surface area contributed by atoms with Gasteiger partial charge in [0.2, 0.25) is 5.82 Å². The summed E-state index contributed by atoms with van der Waals surface area (Å²) in [6, 6.07) is 7.31. The molecule has 5 heteroatoms. The van der Waals surface area contributed by atoms with E-state index in [1.165, 1.54) is 18.2 Å². The minimum Gasteiger partial charge on any atom is -0.504 e. The first kappa shape index (κ1) is 17.9. The van der Waals surface area contributed by atoms with Gasteiger partial charge in [0.15, 0.2) is 17.3 Å². The number of Topliss-reactive ketones (excluding diaryl/α,β-unsaturated/α-hetero) is 1. The second kappa shape index (κ2) is 7.90. The van der Waals surface area contributed by atoms with Crippen LogP contribution in [0.3, 0.4) is 0 Å². The molecule has 0 spiro atoms. The molecule has 128 valence electrons. The summed E-state index contributed by atoms with van der Waals surface area (Å²) in [5, 5.41) is 9.87. The molecule has 0 unspecified atom stereocenters. The molecule has 0 aliphatic heterocycles. The minimum absolute atomic E-state index is 0.123. The second-order valence-corrected chi connectivity index (χ2v) is 5.48. The van der Waals surface area contributed by atoms with Gasteiger partial charge < -0.3 is 9.84 Å². The Morgan fingerprint density at radius 2 is 1.92 bits per heavy atom. The molecule has 24 heavy (non-hydrogen) atoms. The van der Waals surface area contributed by atoms with Crippen LogP contribution in [0.2, 0.25) is 0 Å². The molecule has 2 aromatic rings. The number of ketones is 1. The number of hydrogen-bond donors (Lipinski definition) is 1. The van der Waals surface area contributed by atoms with Crippen molar-refractivity contribution in [1.82, 2.24) is 0 Å². The standard InChI is InChI=1S/C19H20F2O3/c1-3-5-12-6-7-13(15(20)10-12)11-16(22)14-8-9-17(24-4-2)18(21)19(14)23/h6-10,23H,3-5,11H2,1-2H3. The second-order valence-electron chi connectivity index (χ2n) is 5.48. The summed E-state index contributed by atoms with van der Waals surface area (Å²) in [7, 11) is 0. The third kappa shape index (κ3) is 3.91. The summed E-state index contributed by atoms with van der Waals surface area (Å²) < 4.78 is 33.1. The van der Waals surface area contributed by atoms with E-state index < -0.39 is 23.2 Å². The largest absolute Gasteiger partial charge is 0.504 e. The average molecular weight is 334 g/mol. The van der Waals surface area contributed by atoms with E-state index in [-0.39, 0.29) is 29.9 Å². The number of hydrogen-bond acceptors (Lipinski definition) is 3. The molecule has 1 N–H and O–H groups in total. The summed E-state index contributed by atoms with van der Waals surface area (Å²) in [4.78, 5) is 12.3. The summed E-state index contributed by atoms with van der Waals surface area (Å²) in [6.07, 6.45) is 1.41. The maximum absolute atomic E-state index is 14.1. The molecule has 0 atom stereocenters. The van der Waals surface area contributed by atoms with Crippen LogP contribution in [0.4, 0.5) is 8.78 Å². The fourth-order valence-electron chi connectivity index (χ4n) is 2.48. The lowest BCUT2D eigenvalue weighted by molar-refractivity contribution is 0.0988. The van der Waals surface area contributed by atoms with Crippen LogP contribution >= 0.6 is 0 Å². The third-order valence-corrected chi connectivity index (χ3v) is 3.69.